The fraction of sp³-hybridized carbons (Fsp3) is 0.643. The van der Waals surface area contributed by atoms with Gasteiger partial charge in [0.2, 0.25) is 0 Å². The van der Waals surface area contributed by atoms with Crippen molar-refractivity contribution in [2.75, 3.05) is 0 Å². The van der Waals surface area contributed by atoms with Crippen LogP contribution in [0.3, 0.4) is 0 Å². The van der Waals surface area contributed by atoms with Gasteiger partial charge in [0.25, 0.3) is 0 Å². The first kappa shape index (κ1) is 27.1. The molecular weight excluding hydrogens is 439 g/mol. The molecule has 0 bridgehead atoms. The second kappa shape index (κ2) is 7.70. The normalized spacial score (nSPS) is 28.2. The highest BCUT2D eigenvalue weighted by atomic mass is 35.5. The molecule has 2 aliphatic rings. The molecule has 0 aromatic rings. The Kier molecular flexibility index (Phi) is 6.53. The number of hydrogen-bond acceptors (Lipinski definition) is 2. The Bertz CT molecular complexity index is 883. The van der Waals surface area contributed by atoms with Crippen molar-refractivity contribution in [2.45, 2.75) is 92.8 Å². The molecular formula is C28H40Cl2O2. The van der Waals surface area contributed by atoms with Crippen molar-refractivity contribution in [3.05, 3.63) is 46.6 Å². The first-order valence-electron chi connectivity index (χ1n) is 11.3. The highest BCUT2D eigenvalue weighted by Crippen LogP contribution is 2.51. The molecule has 0 unspecified atom stereocenters. The first-order valence-corrected chi connectivity index (χ1v) is 12.1. The molecule has 0 radical (unpaired) electrons. The zero-order chi connectivity index (χ0) is 25.3. The largest absolute Gasteiger partial charge is 0.292 e. The fourth-order valence-electron chi connectivity index (χ4n) is 4.04. The van der Waals surface area contributed by atoms with Crippen molar-refractivity contribution in [1.82, 2.24) is 0 Å². The van der Waals surface area contributed by atoms with Gasteiger partial charge < -0.3 is 0 Å². The molecule has 0 amide bonds. The smallest absolute Gasteiger partial charge is 0.184 e. The molecule has 0 saturated heterocycles. The molecule has 2 atom stereocenters. The highest BCUT2D eigenvalue weighted by Gasteiger charge is 2.52. The zero-order valence-electron chi connectivity index (χ0n) is 21.9. The molecule has 0 saturated carbocycles. The van der Waals surface area contributed by atoms with Crippen LogP contribution in [0.5, 0.6) is 0 Å². The lowest BCUT2D eigenvalue weighted by Crippen LogP contribution is -2.49. The Balaban J connectivity index is 2.92. The third kappa shape index (κ3) is 4.47. The number of alkyl halides is 2. The molecule has 0 aromatic heterocycles. The molecule has 0 spiro atoms. The maximum atomic E-state index is 13.6. The lowest BCUT2D eigenvalue weighted by atomic mass is 9.64. The number of hydrogen-bond donors (Lipinski definition) is 0. The number of rotatable bonds is 1. The Morgan fingerprint density at radius 3 is 1.00 bits per heavy atom. The van der Waals surface area contributed by atoms with Gasteiger partial charge in [-0.2, -0.15) is 0 Å². The van der Waals surface area contributed by atoms with Crippen LogP contribution in [0.15, 0.2) is 46.6 Å². The average molecular weight is 480 g/mol. The van der Waals surface area contributed by atoms with Crippen LogP contribution in [0.2, 0.25) is 0 Å². The minimum atomic E-state index is -1.20. The summed E-state index contributed by atoms with van der Waals surface area (Å²) >= 11 is 14.2. The lowest BCUT2D eigenvalue weighted by molar-refractivity contribution is -0.121. The van der Waals surface area contributed by atoms with E-state index in [9.17, 15) is 9.59 Å². The summed E-state index contributed by atoms with van der Waals surface area (Å²) in [4.78, 5) is 24.7. The molecule has 4 heteroatoms. The van der Waals surface area contributed by atoms with Crippen LogP contribution in [0.1, 0.15) is 83.1 Å². The summed E-state index contributed by atoms with van der Waals surface area (Å²) in [6, 6.07) is 0. The van der Waals surface area contributed by atoms with Crippen molar-refractivity contribution < 1.29 is 9.59 Å². The van der Waals surface area contributed by atoms with E-state index in [2.05, 4.69) is 0 Å². The van der Waals surface area contributed by atoms with Gasteiger partial charge in [-0.05, 0) is 57.1 Å². The predicted octanol–water partition coefficient (Wildman–Crippen LogP) is 8.00. The molecule has 0 N–H and O–H groups in total. The molecule has 0 aromatic carbocycles. The summed E-state index contributed by atoms with van der Waals surface area (Å²) < 4.78 is 0. The van der Waals surface area contributed by atoms with Gasteiger partial charge in [-0.15, -0.1) is 23.2 Å². The first-order chi connectivity index (χ1) is 14.0. The summed E-state index contributed by atoms with van der Waals surface area (Å²) in [5, 5.41) is 0. The number of carbonyl (C=O) groups excluding carboxylic acids is 2. The van der Waals surface area contributed by atoms with Gasteiger partial charge in [-0.1, -0.05) is 83.1 Å². The third-order valence-corrected chi connectivity index (χ3v) is 8.29. The SMILES string of the molecule is CC(C)(C)C1=CC(C2=C[C@](Cl)(C(C)(C)C)C(=O)C(C(C)(C)C)=C2)=C[C@](Cl)(C(C)(C)C)C1=O. The molecule has 2 rings (SSSR count). The summed E-state index contributed by atoms with van der Waals surface area (Å²) in [6.45, 7) is 24.0. The molecule has 0 fully saturated rings. The van der Waals surface area contributed by atoms with Crippen LogP contribution in [-0.4, -0.2) is 21.3 Å². The summed E-state index contributed by atoms with van der Waals surface area (Å²) in [5.41, 5.74) is 1.25. The molecule has 0 heterocycles. The number of carbonyl (C=O) groups is 2. The lowest BCUT2D eigenvalue weighted by Gasteiger charge is -2.43. The Labute approximate surface area is 205 Å². The van der Waals surface area contributed by atoms with Gasteiger partial charge in [0.15, 0.2) is 11.6 Å². The number of Topliss-reactive ketones (excluding diaryl/α,β-unsaturated/α-hetero) is 2. The van der Waals surface area contributed by atoms with Gasteiger partial charge >= 0.3 is 0 Å². The Morgan fingerprint density at radius 1 is 0.562 bits per heavy atom. The van der Waals surface area contributed by atoms with Crippen LogP contribution in [0.4, 0.5) is 0 Å². The van der Waals surface area contributed by atoms with Crippen LogP contribution in [0.25, 0.3) is 0 Å². The highest BCUT2D eigenvalue weighted by molar-refractivity contribution is 6.41. The molecule has 32 heavy (non-hydrogen) atoms. The van der Waals surface area contributed by atoms with E-state index in [1.54, 1.807) is 0 Å². The van der Waals surface area contributed by atoms with Crippen molar-refractivity contribution in [3.63, 3.8) is 0 Å². The topological polar surface area (TPSA) is 34.1 Å². The average Bonchev–Trinajstić information content (AvgIpc) is 2.55. The maximum Gasteiger partial charge on any atom is 0.184 e. The van der Waals surface area contributed by atoms with E-state index in [1.807, 2.05) is 107 Å². The Morgan fingerprint density at radius 2 is 0.812 bits per heavy atom. The monoisotopic (exact) mass is 478 g/mol. The predicted molar refractivity (Wildman–Crippen MR) is 137 cm³/mol. The molecule has 2 aliphatic carbocycles. The zero-order valence-corrected chi connectivity index (χ0v) is 23.4. The van der Waals surface area contributed by atoms with E-state index in [0.717, 1.165) is 11.1 Å². The molecule has 2 nitrogen and oxygen atoms in total. The van der Waals surface area contributed by atoms with E-state index in [0.29, 0.717) is 11.1 Å². The van der Waals surface area contributed by atoms with E-state index < -0.39 is 20.6 Å². The van der Waals surface area contributed by atoms with E-state index in [4.69, 9.17) is 23.2 Å². The minimum absolute atomic E-state index is 0.0663. The number of ketones is 2. The second-order valence-corrected chi connectivity index (χ2v) is 14.6. The van der Waals surface area contributed by atoms with Gasteiger partial charge in [-0.25, -0.2) is 0 Å². The van der Waals surface area contributed by atoms with Crippen molar-refractivity contribution in [3.8, 4) is 0 Å². The summed E-state index contributed by atoms with van der Waals surface area (Å²) in [5.74, 6) is -0.133. The van der Waals surface area contributed by atoms with Crippen LogP contribution >= 0.6 is 23.2 Å². The van der Waals surface area contributed by atoms with Gasteiger partial charge in [0.1, 0.15) is 9.75 Å². The van der Waals surface area contributed by atoms with Crippen LogP contribution in [-0.2, 0) is 9.59 Å². The quantitative estimate of drug-likeness (QED) is 0.357. The number of allylic oxidation sites excluding steroid dienone is 8. The number of halogens is 2. The standard InChI is InChI=1S/C28H40Cl2O2/c1-23(2,3)19-13-17(15-27(29,21(19)31)25(7,8)9)18-14-20(24(4,5)6)22(32)28(30,16-18)26(10,11)12/h13-16H,1-12H3/t27-,28-/m1/s1. The van der Waals surface area contributed by atoms with Crippen molar-refractivity contribution in [1.29, 1.82) is 0 Å². The second-order valence-electron chi connectivity index (χ2n) is 13.4. The van der Waals surface area contributed by atoms with Crippen molar-refractivity contribution in [2.24, 2.45) is 21.7 Å². The molecule has 0 aliphatic heterocycles. The van der Waals surface area contributed by atoms with E-state index in [1.165, 1.54) is 0 Å². The maximum absolute atomic E-state index is 13.6. The van der Waals surface area contributed by atoms with Gasteiger partial charge in [0, 0.05) is 11.1 Å². The Hall–Kier alpha value is -1.12. The van der Waals surface area contributed by atoms with Crippen molar-refractivity contribution >= 4 is 34.8 Å². The summed E-state index contributed by atoms with van der Waals surface area (Å²) in [6.07, 6.45) is 7.61. The third-order valence-electron chi connectivity index (χ3n) is 6.59. The van der Waals surface area contributed by atoms with E-state index >= 15 is 0 Å². The minimum Gasteiger partial charge on any atom is -0.292 e. The van der Waals surface area contributed by atoms with Gasteiger partial charge in [-0.3, -0.25) is 9.59 Å². The van der Waals surface area contributed by atoms with Crippen LogP contribution < -0.4 is 0 Å². The van der Waals surface area contributed by atoms with E-state index in [-0.39, 0.29) is 22.4 Å². The summed E-state index contributed by atoms with van der Waals surface area (Å²) in [7, 11) is 0. The molecule has 178 valence electrons. The van der Waals surface area contributed by atoms with Gasteiger partial charge in [0.05, 0.1) is 0 Å². The van der Waals surface area contributed by atoms with Crippen LogP contribution in [0, 0.1) is 21.7 Å². The fourth-order valence-corrected chi connectivity index (χ4v) is 4.48.